The van der Waals surface area contributed by atoms with Gasteiger partial charge in [0.15, 0.2) is 0 Å². The van der Waals surface area contributed by atoms with Crippen molar-refractivity contribution >= 4 is 17.6 Å². The van der Waals surface area contributed by atoms with Crippen LogP contribution in [0.25, 0.3) is 0 Å². The van der Waals surface area contributed by atoms with Gasteiger partial charge in [0.1, 0.15) is 5.84 Å². The molecule has 0 atom stereocenters. The minimum Gasteiger partial charge on any atom is -0.416 e. The molecule has 0 saturated heterocycles. The molecule has 2 aromatic rings. The molecule has 0 aliphatic heterocycles. The number of rotatable bonds is 4. The molecule has 0 unspecified atom stereocenters. The van der Waals surface area contributed by atoms with Crippen molar-refractivity contribution in [3.63, 3.8) is 0 Å². The van der Waals surface area contributed by atoms with E-state index in [0.717, 1.165) is 11.1 Å². The second-order valence-corrected chi connectivity index (χ2v) is 4.42. The van der Waals surface area contributed by atoms with Crippen LogP contribution in [0.5, 0.6) is 0 Å². The first-order valence-corrected chi connectivity index (χ1v) is 6.00. The minimum atomic E-state index is 0.0745. The van der Waals surface area contributed by atoms with Crippen molar-refractivity contribution in [2.75, 3.05) is 0 Å². The Hall–Kier alpha value is -1.82. The van der Waals surface area contributed by atoms with Gasteiger partial charge in [-0.3, -0.25) is 5.41 Å². The summed E-state index contributed by atoms with van der Waals surface area (Å²) in [5.41, 5.74) is 7.22. The molecule has 2 rings (SSSR count). The number of hydrogen-bond acceptors (Lipinski definition) is 5. The Kier molecular flexibility index (Phi) is 3.43. The topological polar surface area (TPSA) is 88.8 Å². The van der Waals surface area contributed by atoms with Gasteiger partial charge in [-0.15, -0.1) is 10.2 Å². The molecule has 88 valence electrons. The van der Waals surface area contributed by atoms with Gasteiger partial charge >= 0.3 is 0 Å². The van der Waals surface area contributed by atoms with Crippen LogP contribution in [-0.2, 0) is 5.75 Å². The van der Waals surface area contributed by atoms with Crippen LogP contribution in [0.2, 0.25) is 0 Å². The van der Waals surface area contributed by atoms with Crippen LogP contribution in [0.15, 0.2) is 33.9 Å². The van der Waals surface area contributed by atoms with Crippen LogP contribution in [-0.4, -0.2) is 16.0 Å². The lowest BCUT2D eigenvalue weighted by Crippen LogP contribution is -2.10. The van der Waals surface area contributed by atoms with E-state index in [1.54, 1.807) is 6.92 Å². The number of nitrogen functional groups attached to an aromatic ring is 1. The van der Waals surface area contributed by atoms with E-state index < -0.39 is 0 Å². The smallest absolute Gasteiger partial charge is 0.276 e. The lowest BCUT2D eigenvalue weighted by atomic mass is 10.1. The van der Waals surface area contributed by atoms with E-state index in [9.17, 15) is 0 Å². The lowest BCUT2D eigenvalue weighted by Gasteiger charge is -2.02. The first kappa shape index (κ1) is 11.7. The summed E-state index contributed by atoms with van der Waals surface area (Å²) in [5.74, 6) is 1.35. The zero-order valence-corrected chi connectivity index (χ0v) is 10.1. The van der Waals surface area contributed by atoms with Crippen molar-refractivity contribution in [3.05, 3.63) is 41.3 Å². The van der Waals surface area contributed by atoms with Crippen LogP contribution < -0.4 is 5.73 Å². The maximum Gasteiger partial charge on any atom is 0.276 e. The summed E-state index contributed by atoms with van der Waals surface area (Å²) in [7, 11) is 0. The summed E-state index contributed by atoms with van der Waals surface area (Å²) in [6, 6.07) is 7.56. The number of aromatic nitrogens is 2. The summed E-state index contributed by atoms with van der Waals surface area (Å²) < 4.78 is 5.26. The molecule has 0 spiro atoms. The van der Waals surface area contributed by atoms with Crippen LogP contribution >= 0.6 is 11.8 Å². The number of thioether (sulfide) groups is 1. The number of hydrogen-bond donors (Lipinski definition) is 2. The standard InChI is InChI=1S/C11H12N4OS/c1-7-14-15-11(16-7)17-6-8-3-2-4-9(5-8)10(12)13/h2-5H,6H2,1H3,(H3,12,13). The molecule has 6 heteroatoms. The van der Waals surface area contributed by atoms with E-state index in [-0.39, 0.29) is 5.84 Å². The monoisotopic (exact) mass is 248 g/mol. The average molecular weight is 248 g/mol. The quantitative estimate of drug-likeness (QED) is 0.490. The van der Waals surface area contributed by atoms with Gasteiger partial charge in [-0.05, 0) is 11.6 Å². The second-order valence-electron chi connectivity index (χ2n) is 3.49. The fourth-order valence-electron chi connectivity index (χ4n) is 1.31. The summed E-state index contributed by atoms with van der Waals surface area (Å²) in [6.07, 6.45) is 0. The number of nitrogens with zero attached hydrogens (tertiary/aromatic N) is 2. The molecular weight excluding hydrogens is 236 g/mol. The van der Waals surface area contributed by atoms with E-state index in [1.807, 2.05) is 24.3 Å². The van der Waals surface area contributed by atoms with Crippen LogP contribution in [0.1, 0.15) is 17.0 Å². The summed E-state index contributed by atoms with van der Waals surface area (Å²) in [6.45, 7) is 1.76. The number of nitrogens with two attached hydrogens (primary N) is 1. The molecule has 17 heavy (non-hydrogen) atoms. The third-order valence-corrected chi connectivity index (χ3v) is 3.00. The molecule has 5 nitrogen and oxygen atoms in total. The second kappa shape index (κ2) is 5.01. The lowest BCUT2D eigenvalue weighted by molar-refractivity contribution is 0.429. The van der Waals surface area contributed by atoms with Crippen LogP contribution in [0, 0.1) is 12.3 Å². The predicted octanol–water partition coefficient (Wildman–Crippen LogP) is 1.95. The molecule has 1 heterocycles. The van der Waals surface area contributed by atoms with Crippen molar-refractivity contribution < 1.29 is 4.42 Å². The Labute approximate surface area is 103 Å². The maximum absolute atomic E-state index is 7.36. The largest absolute Gasteiger partial charge is 0.416 e. The molecule has 0 amide bonds. The third kappa shape index (κ3) is 3.07. The van der Waals surface area contributed by atoms with Gasteiger partial charge in [-0.2, -0.15) is 0 Å². The molecule has 1 aromatic heterocycles. The molecule has 0 fully saturated rings. The van der Waals surface area contributed by atoms with E-state index in [2.05, 4.69) is 10.2 Å². The Balaban J connectivity index is 2.04. The fourth-order valence-corrected chi connectivity index (χ4v) is 2.06. The van der Waals surface area contributed by atoms with Gasteiger partial charge in [0, 0.05) is 18.2 Å². The highest BCUT2D eigenvalue weighted by Crippen LogP contribution is 2.21. The number of aryl methyl sites for hydroxylation is 1. The molecule has 1 aromatic carbocycles. The number of amidine groups is 1. The third-order valence-electron chi connectivity index (χ3n) is 2.11. The molecule has 0 saturated carbocycles. The van der Waals surface area contributed by atoms with Crippen molar-refractivity contribution in [1.29, 1.82) is 5.41 Å². The van der Waals surface area contributed by atoms with Crippen molar-refractivity contribution in [2.24, 2.45) is 5.73 Å². The summed E-state index contributed by atoms with van der Waals surface area (Å²) in [4.78, 5) is 0. The van der Waals surface area contributed by atoms with E-state index in [1.165, 1.54) is 11.8 Å². The normalized spacial score (nSPS) is 10.4. The van der Waals surface area contributed by atoms with E-state index in [0.29, 0.717) is 16.9 Å². The zero-order chi connectivity index (χ0) is 12.3. The van der Waals surface area contributed by atoms with Crippen molar-refractivity contribution in [1.82, 2.24) is 10.2 Å². The highest BCUT2D eigenvalue weighted by molar-refractivity contribution is 7.98. The number of benzene rings is 1. The van der Waals surface area contributed by atoms with Crippen molar-refractivity contribution in [3.8, 4) is 0 Å². The Bertz CT molecular complexity index is 538. The van der Waals surface area contributed by atoms with Gasteiger partial charge in [0.25, 0.3) is 5.22 Å². The van der Waals surface area contributed by atoms with Gasteiger partial charge in [0.05, 0.1) is 0 Å². The van der Waals surface area contributed by atoms with Crippen LogP contribution in [0.3, 0.4) is 0 Å². The molecule has 0 aliphatic rings. The highest BCUT2D eigenvalue weighted by atomic mass is 32.2. The molecule has 0 aliphatic carbocycles. The van der Waals surface area contributed by atoms with Gasteiger partial charge in [-0.25, -0.2) is 0 Å². The number of nitrogens with one attached hydrogen (secondary N) is 1. The van der Waals surface area contributed by atoms with Crippen LogP contribution in [0.4, 0.5) is 0 Å². The van der Waals surface area contributed by atoms with Gasteiger partial charge in [-0.1, -0.05) is 30.0 Å². The maximum atomic E-state index is 7.36. The Morgan fingerprint density at radius 2 is 2.29 bits per heavy atom. The summed E-state index contributed by atoms with van der Waals surface area (Å²) >= 11 is 1.46. The molecular formula is C11H12N4OS. The first-order chi connectivity index (χ1) is 8.15. The predicted molar refractivity (Wildman–Crippen MR) is 66.1 cm³/mol. The SMILES string of the molecule is Cc1nnc(SCc2cccc(C(=N)N)c2)o1. The Morgan fingerprint density at radius 1 is 1.47 bits per heavy atom. The fraction of sp³-hybridized carbons (Fsp3) is 0.182. The van der Waals surface area contributed by atoms with E-state index in [4.69, 9.17) is 15.6 Å². The molecule has 3 N–H and O–H groups in total. The average Bonchev–Trinajstić information content (AvgIpc) is 2.73. The zero-order valence-electron chi connectivity index (χ0n) is 9.30. The molecule has 0 radical (unpaired) electrons. The molecule has 0 bridgehead atoms. The first-order valence-electron chi connectivity index (χ1n) is 5.01. The minimum absolute atomic E-state index is 0.0745. The summed E-state index contributed by atoms with van der Waals surface area (Å²) in [5, 5.41) is 15.6. The van der Waals surface area contributed by atoms with E-state index >= 15 is 0 Å². The van der Waals surface area contributed by atoms with Crippen molar-refractivity contribution in [2.45, 2.75) is 17.9 Å². The van der Waals surface area contributed by atoms with Gasteiger partial charge < -0.3 is 10.2 Å². The van der Waals surface area contributed by atoms with Gasteiger partial charge in [0.2, 0.25) is 5.89 Å². The highest BCUT2D eigenvalue weighted by Gasteiger charge is 2.04. The Morgan fingerprint density at radius 3 is 2.94 bits per heavy atom.